The van der Waals surface area contributed by atoms with E-state index >= 15 is 0 Å². The van der Waals surface area contributed by atoms with Crippen molar-refractivity contribution in [3.05, 3.63) is 51.4 Å². The summed E-state index contributed by atoms with van der Waals surface area (Å²) >= 11 is 4.77. The standard InChI is InChI=1S/C15H10BrNO2S/c1-8-13(15(18)19)20-14(17-8)10-6-9-4-2-3-5-11(9)12(16)7-10/h2-7H,1H3,(H,18,19). The fourth-order valence-electron chi connectivity index (χ4n) is 2.11. The van der Waals surface area contributed by atoms with Crippen molar-refractivity contribution in [2.45, 2.75) is 6.92 Å². The first-order valence-electron chi connectivity index (χ1n) is 5.95. The number of aryl methyl sites for hydroxylation is 1. The van der Waals surface area contributed by atoms with Gasteiger partial charge in [-0.05, 0) is 29.8 Å². The van der Waals surface area contributed by atoms with E-state index < -0.39 is 5.97 Å². The van der Waals surface area contributed by atoms with Crippen LogP contribution in [0.15, 0.2) is 40.9 Å². The molecule has 5 heteroatoms. The van der Waals surface area contributed by atoms with Crippen LogP contribution in [-0.4, -0.2) is 16.1 Å². The van der Waals surface area contributed by atoms with E-state index in [0.717, 1.165) is 25.8 Å². The average molecular weight is 348 g/mol. The molecule has 1 heterocycles. The average Bonchev–Trinajstić information content (AvgIpc) is 2.81. The summed E-state index contributed by atoms with van der Waals surface area (Å²) in [6, 6.07) is 12.1. The molecule has 2 aromatic carbocycles. The number of rotatable bonds is 2. The Balaban J connectivity index is 2.19. The van der Waals surface area contributed by atoms with Crippen molar-refractivity contribution in [2.75, 3.05) is 0 Å². The van der Waals surface area contributed by atoms with Gasteiger partial charge in [-0.1, -0.05) is 40.2 Å². The number of carboxylic acid groups (broad SMARTS) is 1. The van der Waals surface area contributed by atoms with Crippen molar-refractivity contribution in [1.82, 2.24) is 4.98 Å². The Bertz CT molecular complexity index is 826. The van der Waals surface area contributed by atoms with Crippen molar-refractivity contribution in [2.24, 2.45) is 0 Å². The largest absolute Gasteiger partial charge is 0.477 e. The second-order valence-corrected chi connectivity index (χ2v) is 6.27. The number of hydrogen-bond donors (Lipinski definition) is 1. The normalized spacial score (nSPS) is 10.9. The lowest BCUT2D eigenvalue weighted by Gasteiger charge is -2.03. The Labute approximate surface area is 128 Å². The monoisotopic (exact) mass is 347 g/mol. The molecule has 3 aromatic rings. The number of thiazole rings is 1. The van der Waals surface area contributed by atoms with Crippen LogP contribution in [0, 0.1) is 6.92 Å². The van der Waals surface area contributed by atoms with Crippen LogP contribution in [-0.2, 0) is 0 Å². The second kappa shape index (κ2) is 5.00. The molecule has 0 bridgehead atoms. The third-order valence-corrected chi connectivity index (χ3v) is 4.90. The summed E-state index contributed by atoms with van der Waals surface area (Å²) in [5.74, 6) is -0.925. The molecular formula is C15H10BrNO2S. The molecule has 100 valence electrons. The summed E-state index contributed by atoms with van der Waals surface area (Å²) in [7, 11) is 0. The molecule has 1 aromatic heterocycles. The van der Waals surface area contributed by atoms with E-state index in [1.165, 1.54) is 11.3 Å². The highest BCUT2D eigenvalue weighted by molar-refractivity contribution is 9.10. The quantitative estimate of drug-likeness (QED) is 0.728. The van der Waals surface area contributed by atoms with Crippen LogP contribution in [0.25, 0.3) is 21.3 Å². The highest BCUT2D eigenvalue weighted by atomic mass is 79.9. The van der Waals surface area contributed by atoms with E-state index in [1.807, 2.05) is 36.4 Å². The maximum absolute atomic E-state index is 11.1. The predicted octanol–water partition coefficient (Wildman–Crippen LogP) is 4.73. The molecule has 20 heavy (non-hydrogen) atoms. The molecule has 0 aliphatic heterocycles. The van der Waals surface area contributed by atoms with Crippen molar-refractivity contribution < 1.29 is 9.90 Å². The van der Waals surface area contributed by atoms with Gasteiger partial charge in [-0.2, -0.15) is 0 Å². The fraction of sp³-hybridized carbons (Fsp3) is 0.0667. The number of benzene rings is 2. The first kappa shape index (κ1) is 13.3. The molecule has 1 N–H and O–H groups in total. The maximum Gasteiger partial charge on any atom is 0.347 e. The van der Waals surface area contributed by atoms with Gasteiger partial charge in [0.15, 0.2) is 0 Å². The zero-order chi connectivity index (χ0) is 14.3. The number of carboxylic acids is 1. The van der Waals surface area contributed by atoms with E-state index in [1.54, 1.807) is 6.92 Å². The van der Waals surface area contributed by atoms with E-state index in [0.29, 0.717) is 10.6 Å². The molecule has 0 saturated heterocycles. The predicted molar refractivity (Wildman–Crippen MR) is 84.5 cm³/mol. The maximum atomic E-state index is 11.1. The van der Waals surface area contributed by atoms with Crippen molar-refractivity contribution in [1.29, 1.82) is 0 Å². The summed E-state index contributed by atoms with van der Waals surface area (Å²) in [4.78, 5) is 15.8. The van der Waals surface area contributed by atoms with Crippen LogP contribution in [0.1, 0.15) is 15.4 Å². The number of nitrogens with zero attached hydrogens (tertiary/aromatic N) is 1. The Morgan fingerprint density at radius 1 is 1.30 bits per heavy atom. The minimum Gasteiger partial charge on any atom is -0.477 e. The molecule has 0 aliphatic rings. The smallest absolute Gasteiger partial charge is 0.347 e. The summed E-state index contributed by atoms with van der Waals surface area (Å²) in [5, 5.41) is 12.1. The number of aromatic nitrogens is 1. The molecule has 0 spiro atoms. The number of carbonyl (C=O) groups is 1. The van der Waals surface area contributed by atoms with Crippen molar-refractivity contribution in [3.63, 3.8) is 0 Å². The molecular weight excluding hydrogens is 338 g/mol. The minimum atomic E-state index is -0.925. The van der Waals surface area contributed by atoms with Crippen LogP contribution in [0.5, 0.6) is 0 Å². The van der Waals surface area contributed by atoms with Gasteiger partial charge in [0.1, 0.15) is 9.88 Å². The number of fused-ring (bicyclic) bond motifs is 1. The number of aromatic carboxylic acids is 1. The first-order valence-corrected chi connectivity index (χ1v) is 7.56. The van der Waals surface area contributed by atoms with Gasteiger partial charge in [0.2, 0.25) is 0 Å². The van der Waals surface area contributed by atoms with Crippen LogP contribution in [0.4, 0.5) is 0 Å². The highest BCUT2D eigenvalue weighted by Crippen LogP contribution is 2.34. The zero-order valence-corrected chi connectivity index (χ0v) is 13.0. The summed E-state index contributed by atoms with van der Waals surface area (Å²) < 4.78 is 0.982. The van der Waals surface area contributed by atoms with E-state index in [2.05, 4.69) is 20.9 Å². The molecule has 3 nitrogen and oxygen atoms in total. The van der Waals surface area contributed by atoms with Gasteiger partial charge in [-0.25, -0.2) is 9.78 Å². The lowest BCUT2D eigenvalue weighted by Crippen LogP contribution is -1.94. The van der Waals surface area contributed by atoms with Gasteiger partial charge in [0.05, 0.1) is 5.69 Å². The summed E-state index contributed by atoms with van der Waals surface area (Å²) in [5.41, 5.74) is 1.48. The first-order chi connectivity index (χ1) is 9.56. The summed E-state index contributed by atoms with van der Waals surface area (Å²) in [6.07, 6.45) is 0. The minimum absolute atomic E-state index is 0.296. The lowest BCUT2D eigenvalue weighted by molar-refractivity contribution is 0.0701. The van der Waals surface area contributed by atoms with Gasteiger partial charge in [0.25, 0.3) is 0 Å². The summed E-state index contributed by atoms with van der Waals surface area (Å²) in [6.45, 7) is 1.72. The molecule has 0 saturated carbocycles. The second-order valence-electron chi connectivity index (χ2n) is 4.42. The molecule has 0 atom stereocenters. The Kier molecular flexibility index (Phi) is 3.31. The molecule has 0 amide bonds. The van der Waals surface area contributed by atoms with Crippen LogP contribution in [0.3, 0.4) is 0 Å². The molecule has 0 radical (unpaired) electrons. The van der Waals surface area contributed by atoms with Crippen LogP contribution in [0.2, 0.25) is 0 Å². The topological polar surface area (TPSA) is 50.2 Å². The van der Waals surface area contributed by atoms with E-state index in [-0.39, 0.29) is 0 Å². The van der Waals surface area contributed by atoms with Gasteiger partial charge in [-0.15, -0.1) is 11.3 Å². The highest BCUT2D eigenvalue weighted by Gasteiger charge is 2.15. The van der Waals surface area contributed by atoms with E-state index in [9.17, 15) is 4.79 Å². The van der Waals surface area contributed by atoms with Gasteiger partial charge in [-0.3, -0.25) is 0 Å². The Morgan fingerprint density at radius 2 is 2.05 bits per heavy atom. The third kappa shape index (κ3) is 2.23. The fourth-order valence-corrected chi connectivity index (χ4v) is 3.61. The SMILES string of the molecule is Cc1nc(-c2cc(Br)c3ccccc3c2)sc1C(=O)O. The van der Waals surface area contributed by atoms with Gasteiger partial charge >= 0.3 is 5.97 Å². The molecule has 0 fully saturated rings. The van der Waals surface area contributed by atoms with Gasteiger partial charge in [0, 0.05) is 10.0 Å². The molecule has 3 rings (SSSR count). The van der Waals surface area contributed by atoms with Crippen molar-refractivity contribution >= 4 is 44.0 Å². The third-order valence-electron chi connectivity index (χ3n) is 3.05. The number of halogens is 1. The zero-order valence-electron chi connectivity index (χ0n) is 10.6. The van der Waals surface area contributed by atoms with Crippen LogP contribution < -0.4 is 0 Å². The number of hydrogen-bond acceptors (Lipinski definition) is 3. The van der Waals surface area contributed by atoms with Gasteiger partial charge < -0.3 is 5.11 Å². The van der Waals surface area contributed by atoms with E-state index in [4.69, 9.17) is 5.11 Å². The molecule has 0 aliphatic carbocycles. The lowest BCUT2D eigenvalue weighted by atomic mass is 10.1. The Hall–Kier alpha value is -1.72. The van der Waals surface area contributed by atoms with Crippen molar-refractivity contribution in [3.8, 4) is 10.6 Å². The van der Waals surface area contributed by atoms with Crippen LogP contribution >= 0.6 is 27.3 Å². The molecule has 0 unspecified atom stereocenters. The Morgan fingerprint density at radius 3 is 2.75 bits per heavy atom.